The third kappa shape index (κ3) is 3.60. The molecule has 0 radical (unpaired) electrons. The molecule has 0 unspecified atom stereocenters. The van der Waals surface area contributed by atoms with Crippen LogP contribution in [-0.2, 0) is 4.79 Å². The summed E-state index contributed by atoms with van der Waals surface area (Å²) in [5.74, 6) is 0.593. The van der Waals surface area contributed by atoms with Gasteiger partial charge in [0.2, 0.25) is 5.91 Å². The van der Waals surface area contributed by atoms with E-state index in [1.165, 1.54) is 12.1 Å². The summed E-state index contributed by atoms with van der Waals surface area (Å²) in [5.41, 5.74) is -0.600. The fraction of sp³-hybridized carbons (Fsp3) is 0.600. The number of aromatic hydroxyl groups is 1. The normalized spacial score (nSPS) is 28.1. The monoisotopic (exact) mass is 374 g/mol. The average molecular weight is 374 g/mol. The van der Waals surface area contributed by atoms with Crippen molar-refractivity contribution >= 4 is 11.8 Å². The van der Waals surface area contributed by atoms with Crippen LogP contribution in [0.4, 0.5) is 0 Å². The molecule has 2 heterocycles. The van der Waals surface area contributed by atoms with Crippen LogP contribution < -0.4 is 10.1 Å². The van der Waals surface area contributed by atoms with Gasteiger partial charge in [0.05, 0.1) is 18.1 Å². The molecule has 146 valence electrons. The van der Waals surface area contributed by atoms with E-state index in [2.05, 4.69) is 5.32 Å². The summed E-state index contributed by atoms with van der Waals surface area (Å²) < 4.78 is 5.70. The fourth-order valence-electron chi connectivity index (χ4n) is 4.09. The van der Waals surface area contributed by atoms with Crippen LogP contribution in [0.5, 0.6) is 11.5 Å². The third-order valence-corrected chi connectivity index (χ3v) is 5.93. The maximum atomic E-state index is 13.0. The highest BCUT2D eigenvalue weighted by Gasteiger charge is 2.50. The number of rotatable bonds is 4. The number of aliphatic hydroxyl groups excluding tert-OH is 1. The highest BCUT2D eigenvalue weighted by atomic mass is 16.5. The summed E-state index contributed by atoms with van der Waals surface area (Å²) >= 11 is 0. The summed E-state index contributed by atoms with van der Waals surface area (Å²) in [6, 6.07) is 4.57. The van der Waals surface area contributed by atoms with Gasteiger partial charge in [-0.25, -0.2) is 0 Å². The average Bonchev–Trinajstić information content (AvgIpc) is 3.48. The molecule has 0 aromatic heterocycles. The van der Waals surface area contributed by atoms with E-state index in [0.717, 1.165) is 19.3 Å². The molecule has 1 aromatic rings. The Kier molecular flexibility index (Phi) is 4.72. The SMILES string of the molecule is O=C(c1cc(O)cc(OCC2CC2)c1)N1CC[C@H](O)[C@@]2(CCCNC2=O)C1. The van der Waals surface area contributed by atoms with Crippen LogP contribution in [-0.4, -0.2) is 59.3 Å². The van der Waals surface area contributed by atoms with E-state index in [0.29, 0.717) is 49.8 Å². The first-order valence-corrected chi connectivity index (χ1v) is 9.70. The topological polar surface area (TPSA) is 99.1 Å². The lowest BCUT2D eigenvalue weighted by atomic mass is 9.71. The van der Waals surface area contributed by atoms with E-state index >= 15 is 0 Å². The lowest BCUT2D eigenvalue weighted by Gasteiger charge is -2.46. The number of carbonyl (C=O) groups excluding carboxylic acids is 2. The summed E-state index contributed by atoms with van der Waals surface area (Å²) in [5, 5.41) is 23.3. The molecule has 4 rings (SSSR count). The first-order chi connectivity index (χ1) is 13.0. The van der Waals surface area contributed by atoms with E-state index in [1.807, 2.05) is 0 Å². The van der Waals surface area contributed by atoms with Crippen LogP contribution in [0.2, 0.25) is 0 Å². The number of nitrogens with zero attached hydrogens (tertiary/aromatic N) is 1. The highest BCUT2D eigenvalue weighted by Crippen LogP contribution is 2.38. The van der Waals surface area contributed by atoms with E-state index in [4.69, 9.17) is 4.74 Å². The number of nitrogens with one attached hydrogen (secondary N) is 1. The highest BCUT2D eigenvalue weighted by molar-refractivity contribution is 5.96. The minimum Gasteiger partial charge on any atom is -0.508 e. The predicted octanol–water partition coefficient (Wildman–Crippen LogP) is 1.28. The molecule has 27 heavy (non-hydrogen) atoms. The van der Waals surface area contributed by atoms with Crippen molar-refractivity contribution in [3.8, 4) is 11.5 Å². The Labute approximate surface area is 158 Å². The Morgan fingerprint density at radius 3 is 2.85 bits per heavy atom. The van der Waals surface area contributed by atoms with Crippen molar-refractivity contribution in [1.82, 2.24) is 10.2 Å². The van der Waals surface area contributed by atoms with Gasteiger partial charge in [-0.3, -0.25) is 9.59 Å². The Hall–Kier alpha value is -2.28. The van der Waals surface area contributed by atoms with Crippen molar-refractivity contribution in [3.05, 3.63) is 23.8 Å². The molecule has 0 bridgehead atoms. The number of amides is 2. The minimum absolute atomic E-state index is 0.0196. The molecule has 2 aliphatic heterocycles. The van der Waals surface area contributed by atoms with Crippen molar-refractivity contribution in [2.24, 2.45) is 11.3 Å². The maximum absolute atomic E-state index is 13.0. The molecule has 2 saturated heterocycles. The van der Waals surface area contributed by atoms with Crippen molar-refractivity contribution in [3.63, 3.8) is 0 Å². The van der Waals surface area contributed by atoms with Gasteiger partial charge in [-0.2, -0.15) is 0 Å². The molecule has 2 amide bonds. The number of phenolic OH excluding ortho intramolecular Hbond substituents is 1. The zero-order chi connectivity index (χ0) is 19.0. The molecule has 1 aromatic carbocycles. The summed E-state index contributed by atoms with van der Waals surface area (Å²) in [6.45, 7) is 1.77. The zero-order valence-electron chi connectivity index (χ0n) is 15.3. The van der Waals surface area contributed by atoms with Gasteiger partial charge < -0.3 is 25.2 Å². The molecule has 1 saturated carbocycles. The van der Waals surface area contributed by atoms with Gasteiger partial charge in [0.25, 0.3) is 5.91 Å². The number of benzene rings is 1. The Balaban J connectivity index is 1.52. The number of ether oxygens (including phenoxy) is 1. The predicted molar refractivity (Wildman–Crippen MR) is 97.5 cm³/mol. The van der Waals surface area contributed by atoms with Crippen LogP contribution in [0.1, 0.15) is 42.5 Å². The Bertz CT molecular complexity index is 748. The maximum Gasteiger partial charge on any atom is 0.254 e. The second kappa shape index (κ2) is 7.03. The second-order valence-corrected chi connectivity index (χ2v) is 8.02. The number of piperidine rings is 2. The fourth-order valence-corrected chi connectivity index (χ4v) is 4.09. The van der Waals surface area contributed by atoms with Crippen molar-refractivity contribution in [2.45, 2.75) is 38.2 Å². The lowest BCUT2D eigenvalue weighted by molar-refractivity contribution is -0.147. The number of carbonyl (C=O) groups is 2. The van der Waals surface area contributed by atoms with Gasteiger partial charge in [-0.05, 0) is 50.2 Å². The molecule has 1 spiro atoms. The lowest BCUT2D eigenvalue weighted by Crippen LogP contribution is -2.62. The Morgan fingerprint density at radius 1 is 1.30 bits per heavy atom. The summed E-state index contributed by atoms with van der Waals surface area (Å²) in [7, 11) is 0. The standard InChI is InChI=1S/C20H26N2O5/c23-15-8-14(9-16(10-15)27-11-13-2-3-13)18(25)22-7-4-17(24)20(12-22)5-1-6-21-19(20)26/h8-10,13,17,23-24H,1-7,11-12H2,(H,21,26)/t17-,20+/m0/s1. The van der Waals surface area contributed by atoms with E-state index in [-0.39, 0.29) is 24.1 Å². The molecular weight excluding hydrogens is 348 g/mol. The van der Waals surface area contributed by atoms with Gasteiger partial charge in [0, 0.05) is 31.3 Å². The quantitative estimate of drug-likeness (QED) is 0.737. The van der Waals surface area contributed by atoms with Crippen molar-refractivity contribution < 1.29 is 24.5 Å². The second-order valence-electron chi connectivity index (χ2n) is 8.02. The van der Waals surface area contributed by atoms with Crippen LogP contribution in [0.3, 0.4) is 0 Å². The molecule has 2 atom stereocenters. The molecule has 7 heteroatoms. The zero-order valence-corrected chi connectivity index (χ0v) is 15.3. The molecule has 3 fully saturated rings. The van der Waals surface area contributed by atoms with Crippen LogP contribution in [0, 0.1) is 11.3 Å². The molecular formula is C20H26N2O5. The molecule has 1 aliphatic carbocycles. The summed E-state index contributed by atoms with van der Waals surface area (Å²) in [4.78, 5) is 27.1. The number of phenols is 1. The number of aliphatic hydroxyl groups is 1. The summed E-state index contributed by atoms with van der Waals surface area (Å²) in [6.07, 6.45) is 3.29. The first kappa shape index (κ1) is 18.1. The minimum atomic E-state index is -0.936. The van der Waals surface area contributed by atoms with E-state index in [9.17, 15) is 19.8 Å². The number of hydrogen-bond acceptors (Lipinski definition) is 5. The largest absolute Gasteiger partial charge is 0.508 e. The van der Waals surface area contributed by atoms with Crippen molar-refractivity contribution in [1.29, 1.82) is 0 Å². The van der Waals surface area contributed by atoms with Gasteiger partial charge >= 0.3 is 0 Å². The number of hydrogen-bond donors (Lipinski definition) is 3. The van der Waals surface area contributed by atoms with Crippen LogP contribution in [0.15, 0.2) is 18.2 Å². The Morgan fingerprint density at radius 2 is 2.11 bits per heavy atom. The van der Waals surface area contributed by atoms with Crippen LogP contribution >= 0.6 is 0 Å². The molecule has 3 N–H and O–H groups in total. The van der Waals surface area contributed by atoms with E-state index < -0.39 is 11.5 Å². The van der Waals surface area contributed by atoms with Gasteiger partial charge in [-0.15, -0.1) is 0 Å². The first-order valence-electron chi connectivity index (χ1n) is 9.70. The van der Waals surface area contributed by atoms with E-state index in [1.54, 1.807) is 11.0 Å². The smallest absolute Gasteiger partial charge is 0.254 e. The van der Waals surface area contributed by atoms with Gasteiger partial charge in [0.1, 0.15) is 11.5 Å². The van der Waals surface area contributed by atoms with Gasteiger partial charge in [-0.1, -0.05) is 0 Å². The van der Waals surface area contributed by atoms with Crippen LogP contribution in [0.25, 0.3) is 0 Å². The number of likely N-dealkylation sites (tertiary alicyclic amines) is 1. The van der Waals surface area contributed by atoms with Crippen molar-refractivity contribution in [2.75, 3.05) is 26.2 Å². The third-order valence-electron chi connectivity index (χ3n) is 5.93. The molecule has 7 nitrogen and oxygen atoms in total. The van der Waals surface area contributed by atoms with Gasteiger partial charge in [0.15, 0.2) is 0 Å². The molecule has 3 aliphatic rings.